The van der Waals surface area contributed by atoms with Crippen LogP contribution in [0.15, 0.2) is 114 Å². The molecule has 0 aliphatic heterocycles. The summed E-state index contributed by atoms with van der Waals surface area (Å²) in [5.74, 6) is -0.998. The van der Waals surface area contributed by atoms with Crippen LogP contribution < -0.4 is 14.9 Å². The molecule has 2 N–H and O–H groups in total. The minimum Gasteiger partial charge on any atom is -0.345 e. The Balaban J connectivity index is 1.57. The molecule has 0 spiro atoms. The van der Waals surface area contributed by atoms with E-state index in [1.54, 1.807) is 60.7 Å². The standard InChI is InChI=1S/C29H26ClN3O4S/c1-21(22-11-4-2-5-12-22)31-29(35)26-17-8-9-18-27(26)32-28(34)20-33(24-14-10-13-23(30)19-24)38(36,37)25-15-6-3-7-16-25/h2-19,21H,20H2,1H3,(H,31,35)(H,32,34)/t21-/m1/s1. The molecule has 0 fully saturated rings. The van der Waals surface area contributed by atoms with Crippen LogP contribution in [0, 0.1) is 0 Å². The van der Waals surface area contributed by atoms with Gasteiger partial charge in [-0.1, -0.05) is 78.3 Å². The van der Waals surface area contributed by atoms with Crippen LogP contribution in [0.1, 0.15) is 28.9 Å². The van der Waals surface area contributed by atoms with E-state index in [1.165, 1.54) is 18.2 Å². The van der Waals surface area contributed by atoms with Gasteiger partial charge in [-0.3, -0.25) is 13.9 Å². The van der Waals surface area contributed by atoms with Gasteiger partial charge in [-0.25, -0.2) is 8.42 Å². The lowest BCUT2D eigenvalue weighted by atomic mass is 10.1. The van der Waals surface area contributed by atoms with Gasteiger partial charge < -0.3 is 10.6 Å². The van der Waals surface area contributed by atoms with Gasteiger partial charge in [0.05, 0.1) is 27.9 Å². The lowest BCUT2D eigenvalue weighted by molar-refractivity contribution is -0.114. The summed E-state index contributed by atoms with van der Waals surface area (Å²) in [6.07, 6.45) is 0. The highest BCUT2D eigenvalue weighted by atomic mass is 35.5. The number of nitrogens with one attached hydrogen (secondary N) is 2. The number of halogens is 1. The Morgan fingerprint density at radius 3 is 2.16 bits per heavy atom. The first-order chi connectivity index (χ1) is 18.3. The zero-order valence-electron chi connectivity index (χ0n) is 20.5. The molecule has 0 aromatic heterocycles. The maximum Gasteiger partial charge on any atom is 0.264 e. The van der Waals surface area contributed by atoms with E-state index in [-0.39, 0.29) is 33.8 Å². The Hall–Kier alpha value is -4.14. The van der Waals surface area contributed by atoms with E-state index in [0.717, 1.165) is 9.87 Å². The van der Waals surface area contributed by atoms with Gasteiger partial charge in [0.1, 0.15) is 6.54 Å². The van der Waals surface area contributed by atoms with E-state index in [0.29, 0.717) is 5.02 Å². The van der Waals surface area contributed by atoms with Crippen LogP contribution in [-0.4, -0.2) is 26.8 Å². The molecule has 1 atom stereocenters. The summed E-state index contributed by atoms with van der Waals surface area (Å²) in [5.41, 5.74) is 1.69. The third kappa shape index (κ3) is 6.40. The van der Waals surface area contributed by atoms with Crippen LogP contribution in [0.5, 0.6) is 0 Å². The average molecular weight is 548 g/mol. The first kappa shape index (κ1) is 26.9. The van der Waals surface area contributed by atoms with Gasteiger partial charge in [0.2, 0.25) is 5.91 Å². The molecule has 38 heavy (non-hydrogen) atoms. The number of hydrogen-bond acceptors (Lipinski definition) is 4. The largest absolute Gasteiger partial charge is 0.345 e. The van der Waals surface area contributed by atoms with E-state index in [4.69, 9.17) is 11.6 Å². The van der Waals surface area contributed by atoms with Crippen LogP contribution in [0.4, 0.5) is 11.4 Å². The minimum atomic E-state index is -4.10. The molecule has 0 aliphatic carbocycles. The second-order valence-corrected chi connectivity index (χ2v) is 10.8. The number of sulfonamides is 1. The fraction of sp³-hybridized carbons (Fsp3) is 0.103. The SMILES string of the molecule is C[C@@H](NC(=O)c1ccccc1NC(=O)CN(c1cccc(Cl)c1)S(=O)(=O)c1ccccc1)c1ccccc1. The van der Waals surface area contributed by atoms with Crippen molar-refractivity contribution in [3.8, 4) is 0 Å². The van der Waals surface area contributed by atoms with E-state index >= 15 is 0 Å². The summed E-state index contributed by atoms with van der Waals surface area (Å²) < 4.78 is 28.0. The van der Waals surface area contributed by atoms with Gasteiger partial charge in [-0.2, -0.15) is 0 Å². The number of hydrogen-bond donors (Lipinski definition) is 2. The third-order valence-corrected chi connectivity index (χ3v) is 7.83. The van der Waals surface area contributed by atoms with Gasteiger partial charge in [0.25, 0.3) is 15.9 Å². The van der Waals surface area contributed by atoms with Gasteiger partial charge in [0, 0.05) is 5.02 Å². The van der Waals surface area contributed by atoms with Gasteiger partial charge >= 0.3 is 0 Å². The molecule has 7 nitrogen and oxygen atoms in total. The lowest BCUT2D eigenvalue weighted by Crippen LogP contribution is -2.38. The summed E-state index contributed by atoms with van der Waals surface area (Å²) in [6.45, 7) is 1.33. The maximum absolute atomic E-state index is 13.5. The Bertz CT molecular complexity index is 1530. The summed E-state index contributed by atoms with van der Waals surface area (Å²) >= 11 is 6.13. The number of carbonyl (C=O) groups is 2. The molecule has 4 rings (SSSR count). The Morgan fingerprint density at radius 1 is 0.842 bits per heavy atom. The maximum atomic E-state index is 13.5. The number of amides is 2. The summed E-state index contributed by atoms with van der Waals surface area (Å²) in [4.78, 5) is 26.3. The van der Waals surface area contributed by atoms with Crippen LogP contribution in [0.25, 0.3) is 0 Å². The first-order valence-electron chi connectivity index (χ1n) is 11.8. The molecule has 0 bridgehead atoms. The fourth-order valence-electron chi connectivity index (χ4n) is 3.88. The van der Waals surface area contributed by atoms with Gasteiger partial charge in [-0.05, 0) is 55.0 Å². The van der Waals surface area contributed by atoms with Crippen LogP contribution >= 0.6 is 11.6 Å². The average Bonchev–Trinajstić information content (AvgIpc) is 2.93. The number of rotatable bonds is 9. The van der Waals surface area contributed by atoms with E-state index in [1.807, 2.05) is 37.3 Å². The van der Waals surface area contributed by atoms with Gasteiger partial charge in [0.15, 0.2) is 0 Å². The second-order valence-electron chi connectivity index (χ2n) is 8.50. The molecule has 0 heterocycles. The van der Waals surface area contributed by atoms with Crippen molar-refractivity contribution in [2.45, 2.75) is 17.9 Å². The number of benzene rings is 4. The van der Waals surface area contributed by atoms with Crippen LogP contribution in [0.2, 0.25) is 5.02 Å². The van der Waals surface area contributed by atoms with E-state index < -0.39 is 22.5 Å². The first-order valence-corrected chi connectivity index (χ1v) is 13.7. The second kappa shape index (κ2) is 11.9. The van der Waals surface area contributed by atoms with Crippen molar-refractivity contribution in [2.24, 2.45) is 0 Å². The number of nitrogens with zero attached hydrogens (tertiary/aromatic N) is 1. The monoisotopic (exact) mass is 547 g/mol. The molecular weight excluding hydrogens is 522 g/mol. The van der Waals surface area contributed by atoms with Crippen LogP contribution in [-0.2, 0) is 14.8 Å². The molecule has 2 amide bonds. The predicted molar refractivity (Wildman–Crippen MR) is 150 cm³/mol. The Morgan fingerprint density at radius 2 is 1.47 bits per heavy atom. The van der Waals surface area contributed by atoms with E-state index in [9.17, 15) is 18.0 Å². The minimum absolute atomic E-state index is 0.0300. The number of anilines is 2. The summed E-state index contributed by atoms with van der Waals surface area (Å²) in [5, 5.41) is 5.96. The normalized spacial score (nSPS) is 11.8. The van der Waals surface area contributed by atoms with Crippen molar-refractivity contribution in [1.29, 1.82) is 0 Å². The van der Waals surface area contributed by atoms with Crippen molar-refractivity contribution in [2.75, 3.05) is 16.2 Å². The van der Waals surface area contributed by atoms with Crippen LogP contribution in [0.3, 0.4) is 0 Å². The Labute approximate surface area is 227 Å². The highest BCUT2D eigenvalue weighted by Gasteiger charge is 2.28. The highest BCUT2D eigenvalue weighted by molar-refractivity contribution is 7.92. The summed E-state index contributed by atoms with van der Waals surface area (Å²) in [6, 6.07) is 29.9. The third-order valence-electron chi connectivity index (χ3n) is 5.81. The molecule has 9 heteroatoms. The van der Waals surface area contributed by atoms with Crippen molar-refractivity contribution in [1.82, 2.24) is 5.32 Å². The summed E-state index contributed by atoms with van der Waals surface area (Å²) in [7, 11) is -4.10. The molecule has 4 aromatic rings. The molecular formula is C29H26ClN3O4S. The quantitative estimate of drug-likeness (QED) is 0.282. The van der Waals surface area contributed by atoms with E-state index in [2.05, 4.69) is 10.6 Å². The molecule has 0 radical (unpaired) electrons. The highest BCUT2D eigenvalue weighted by Crippen LogP contribution is 2.26. The van der Waals surface area contributed by atoms with Crippen molar-refractivity contribution in [3.05, 3.63) is 125 Å². The van der Waals surface area contributed by atoms with Crippen molar-refractivity contribution in [3.63, 3.8) is 0 Å². The smallest absolute Gasteiger partial charge is 0.264 e. The van der Waals surface area contributed by atoms with Crippen molar-refractivity contribution >= 4 is 44.8 Å². The number of para-hydroxylation sites is 1. The van der Waals surface area contributed by atoms with Crippen molar-refractivity contribution < 1.29 is 18.0 Å². The number of carbonyl (C=O) groups excluding carboxylic acids is 2. The molecule has 0 unspecified atom stereocenters. The Kier molecular flexibility index (Phi) is 8.45. The fourth-order valence-corrected chi connectivity index (χ4v) is 5.49. The molecule has 0 saturated carbocycles. The predicted octanol–water partition coefficient (Wildman–Crippen LogP) is 5.67. The zero-order valence-corrected chi connectivity index (χ0v) is 22.1. The lowest BCUT2D eigenvalue weighted by Gasteiger charge is -2.24. The molecule has 194 valence electrons. The zero-order chi connectivity index (χ0) is 27.1. The molecule has 0 aliphatic rings. The van der Waals surface area contributed by atoms with Gasteiger partial charge in [-0.15, -0.1) is 0 Å². The molecule has 4 aromatic carbocycles. The topological polar surface area (TPSA) is 95.6 Å². The molecule has 0 saturated heterocycles.